The molecule has 1 unspecified atom stereocenters. The molecule has 0 aromatic heterocycles. The van der Waals surface area contributed by atoms with Gasteiger partial charge in [-0.1, -0.05) is 81.4 Å². The molecule has 0 aliphatic heterocycles. The summed E-state index contributed by atoms with van der Waals surface area (Å²) < 4.78 is 40.5. The molecule has 0 aliphatic carbocycles. The fourth-order valence-corrected chi connectivity index (χ4v) is 8.82. The summed E-state index contributed by atoms with van der Waals surface area (Å²) in [5.41, 5.74) is -0.703. The second-order valence-electron chi connectivity index (χ2n) is 10.3. The van der Waals surface area contributed by atoms with Crippen molar-refractivity contribution < 1.29 is 26.6 Å². The maximum atomic E-state index is 12.5. The zero-order chi connectivity index (χ0) is 25.6. The predicted molar refractivity (Wildman–Crippen MR) is 138 cm³/mol. The molecule has 1 amide bonds. The van der Waals surface area contributed by atoms with Gasteiger partial charge >= 0.3 is 6.09 Å². The van der Waals surface area contributed by atoms with Crippen LogP contribution in [0.5, 0.6) is 0 Å². The molecule has 0 fully saturated rings. The third-order valence-electron chi connectivity index (χ3n) is 5.12. The molecule has 1 N–H and O–H groups in total. The van der Waals surface area contributed by atoms with Crippen molar-refractivity contribution in [2.24, 2.45) is 0 Å². The lowest BCUT2D eigenvalue weighted by atomic mass is 10.2. The quantitative estimate of drug-likeness (QED) is 0.413. The number of carbonyl (C=O) groups excluding carboxylic acids is 1. The molecular weight excluding hydrogens is 470 g/mol. The van der Waals surface area contributed by atoms with Gasteiger partial charge in [-0.15, -0.1) is 0 Å². The Labute approximate surface area is 205 Å². The minimum Gasteiger partial charge on any atom is -0.444 e. The average Bonchev–Trinajstić information content (AvgIpc) is 2.71. The molecule has 0 aliphatic rings. The van der Waals surface area contributed by atoms with E-state index < -0.39 is 36.2 Å². The van der Waals surface area contributed by atoms with E-state index in [4.69, 9.17) is 13.3 Å². The molecule has 0 radical (unpaired) electrons. The monoisotopic (exact) mass is 507 g/mol. The SMILES string of the molecule is CC(C)(C)OC(=O)NC(CO[Si](c1ccccc1)(c1ccccc1)C(C)(C)C)COS(C)(=O)=O. The molecular formula is C25H37NO6SSi. The van der Waals surface area contributed by atoms with Crippen molar-refractivity contribution in [2.45, 2.75) is 58.2 Å². The fraction of sp³-hybridized carbons (Fsp3) is 0.480. The summed E-state index contributed by atoms with van der Waals surface area (Å²) in [7, 11) is -6.59. The molecule has 0 saturated carbocycles. The summed E-state index contributed by atoms with van der Waals surface area (Å²) in [5.74, 6) is 0. The fourth-order valence-electron chi connectivity index (χ4n) is 3.80. The van der Waals surface area contributed by atoms with Crippen molar-refractivity contribution in [1.29, 1.82) is 0 Å². The lowest BCUT2D eigenvalue weighted by molar-refractivity contribution is 0.0464. The van der Waals surface area contributed by atoms with Crippen LogP contribution in [-0.4, -0.2) is 53.9 Å². The summed E-state index contributed by atoms with van der Waals surface area (Å²) in [5, 5.41) is 4.60. The first-order valence-corrected chi connectivity index (χ1v) is 15.0. The van der Waals surface area contributed by atoms with E-state index in [0.717, 1.165) is 16.6 Å². The highest BCUT2D eigenvalue weighted by Crippen LogP contribution is 2.36. The Morgan fingerprint density at radius 1 is 0.882 bits per heavy atom. The lowest BCUT2D eigenvalue weighted by Crippen LogP contribution is -2.67. The highest BCUT2D eigenvalue weighted by Gasteiger charge is 2.50. The first-order valence-electron chi connectivity index (χ1n) is 11.2. The van der Waals surface area contributed by atoms with Crippen molar-refractivity contribution in [3.8, 4) is 0 Å². The van der Waals surface area contributed by atoms with Gasteiger partial charge in [0, 0.05) is 0 Å². The molecule has 0 bridgehead atoms. The maximum absolute atomic E-state index is 12.5. The number of benzene rings is 2. The number of alkyl carbamates (subject to hydrolysis) is 1. The topological polar surface area (TPSA) is 90.9 Å². The van der Waals surface area contributed by atoms with Gasteiger partial charge in [-0.2, -0.15) is 8.42 Å². The number of amides is 1. The van der Waals surface area contributed by atoms with Gasteiger partial charge in [0.25, 0.3) is 18.4 Å². The van der Waals surface area contributed by atoms with Crippen molar-refractivity contribution in [1.82, 2.24) is 5.32 Å². The van der Waals surface area contributed by atoms with E-state index in [1.165, 1.54) is 0 Å². The van der Waals surface area contributed by atoms with Crippen molar-refractivity contribution in [3.05, 3.63) is 60.7 Å². The van der Waals surface area contributed by atoms with Crippen LogP contribution in [0.25, 0.3) is 0 Å². The summed E-state index contributed by atoms with van der Waals surface area (Å²) in [6, 6.07) is 19.4. The van der Waals surface area contributed by atoms with Gasteiger partial charge in [-0.05, 0) is 36.2 Å². The summed E-state index contributed by atoms with van der Waals surface area (Å²) in [4.78, 5) is 12.5. The van der Waals surface area contributed by atoms with Gasteiger partial charge < -0.3 is 14.5 Å². The number of carbonyl (C=O) groups is 1. The van der Waals surface area contributed by atoms with Crippen LogP contribution in [0.15, 0.2) is 60.7 Å². The van der Waals surface area contributed by atoms with Crippen LogP contribution in [0.1, 0.15) is 41.5 Å². The number of hydrogen-bond acceptors (Lipinski definition) is 6. The maximum Gasteiger partial charge on any atom is 0.408 e. The van der Waals surface area contributed by atoms with E-state index in [1.807, 2.05) is 36.4 Å². The molecule has 9 heteroatoms. The van der Waals surface area contributed by atoms with Crippen LogP contribution in [0.3, 0.4) is 0 Å². The van der Waals surface area contributed by atoms with Crippen molar-refractivity contribution in [2.75, 3.05) is 19.5 Å². The number of hydrogen-bond donors (Lipinski definition) is 1. The van der Waals surface area contributed by atoms with Gasteiger partial charge in [0.05, 0.1) is 25.5 Å². The molecule has 34 heavy (non-hydrogen) atoms. The Bertz CT molecular complexity index is 991. The minimum atomic E-state index is -3.71. The standard InChI is InChI=1S/C25H37NO6SSi/c1-24(2,3)32-23(27)26-20(18-30-33(7,28)29)19-31-34(25(4,5)6,21-14-10-8-11-15-21)22-16-12-9-13-17-22/h8-17,20H,18-19H2,1-7H3,(H,26,27). The summed E-state index contributed by atoms with van der Waals surface area (Å²) >= 11 is 0. The number of ether oxygens (including phenoxy) is 1. The Morgan fingerprint density at radius 3 is 1.74 bits per heavy atom. The van der Waals surface area contributed by atoms with Crippen LogP contribution in [0, 0.1) is 0 Å². The largest absolute Gasteiger partial charge is 0.444 e. The van der Waals surface area contributed by atoms with Crippen molar-refractivity contribution >= 4 is 34.9 Å². The zero-order valence-electron chi connectivity index (χ0n) is 21.1. The van der Waals surface area contributed by atoms with Gasteiger partial charge in [0.2, 0.25) is 0 Å². The second kappa shape index (κ2) is 11.0. The van der Waals surface area contributed by atoms with E-state index in [1.54, 1.807) is 20.8 Å². The third-order valence-corrected chi connectivity index (χ3v) is 10.7. The highest BCUT2D eigenvalue weighted by molar-refractivity contribution is 7.85. The number of nitrogens with one attached hydrogen (secondary N) is 1. The Hall–Kier alpha value is -2.20. The van der Waals surface area contributed by atoms with Crippen LogP contribution in [0.2, 0.25) is 5.04 Å². The van der Waals surface area contributed by atoms with E-state index in [0.29, 0.717) is 0 Å². The second-order valence-corrected chi connectivity index (χ2v) is 16.3. The molecule has 0 spiro atoms. The molecule has 1 atom stereocenters. The summed E-state index contributed by atoms with van der Waals surface area (Å²) in [6.07, 6.45) is 0.307. The highest BCUT2D eigenvalue weighted by atomic mass is 32.2. The van der Waals surface area contributed by atoms with Crippen LogP contribution in [-0.2, 0) is 23.5 Å². The Kier molecular flexibility index (Phi) is 9.09. The average molecular weight is 508 g/mol. The molecule has 0 saturated heterocycles. The van der Waals surface area contributed by atoms with Gasteiger partial charge in [-0.25, -0.2) is 4.79 Å². The summed E-state index contributed by atoms with van der Waals surface area (Å²) in [6.45, 7) is 11.5. The van der Waals surface area contributed by atoms with E-state index >= 15 is 0 Å². The first-order chi connectivity index (χ1) is 15.6. The van der Waals surface area contributed by atoms with Crippen LogP contribution < -0.4 is 15.7 Å². The minimum absolute atomic E-state index is 0.0437. The molecule has 188 valence electrons. The Balaban J connectivity index is 2.45. The Morgan fingerprint density at radius 2 is 1.35 bits per heavy atom. The lowest BCUT2D eigenvalue weighted by Gasteiger charge is -2.43. The predicted octanol–water partition coefficient (Wildman–Crippen LogP) is 3.43. The molecule has 2 aromatic rings. The van der Waals surface area contributed by atoms with E-state index in [-0.39, 0.29) is 18.3 Å². The van der Waals surface area contributed by atoms with E-state index in [9.17, 15) is 13.2 Å². The third kappa shape index (κ3) is 7.94. The van der Waals surface area contributed by atoms with E-state index in [2.05, 4.69) is 50.4 Å². The van der Waals surface area contributed by atoms with Gasteiger partial charge in [-0.3, -0.25) is 4.18 Å². The zero-order valence-corrected chi connectivity index (χ0v) is 22.9. The normalized spacial score (nSPS) is 13.9. The van der Waals surface area contributed by atoms with Crippen LogP contribution >= 0.6 is 0 Å². The van der Waals surface area contributed by atoms with Gasteiger partial charge in [0.1, 0.15) is 5.60 Å². The molecule has 7 nitrogen and oxygen atoms in total. The van der Waals surface area contributed by atoms with Crippen molar-refractivity contribution in [3.63, 3.8) is 0 Å². The van der Waals surface area contributed by atoms with Gasteiger partial charge in [0.15, 0.2) is 0 Å². The van der Waals surface area contributed by atoms with Crippen LogP contribution in [0.4, 0.5) is 4.79 Å². The smallest absolute Gasteiger partial charge is 0.408 e. The first kappa shape index (κ1) is 28.0. The number of rotatable bonds is 9. The molecule has 2 rings (SSSR count). The molecule has 0 heterocycles. The molecule has 2 aromatic carbocycles.